The zero-order valence-corrected chi connectivity index (χ0v) is 13.5. The normalized spacial score (nSPS) is 15.4. The Hall–Kier alpha value is -2.34. The highest BCUT2D eigenvalue weighted by atomic mass is 16.5. The number of rotatable bonds is 6. The van der Waals surface area contributed by atoms with Crippen LogP contribution in [0, 0.1) is 13.8 Å². The van der Waals surface area contributed by atoms with Crippen molar-refractivity contribution in [3.63, 3.8) is 0 Å². The molecule has 23 heavy (non-hydrogen) atoms. The summed E-state index contributed by atoms with van der Waals surface area (Å²) in [5, 5.41) is 4.55. The van der Waals surface area contributed by atoms with Gasteiger partial charge in [-0.2, -0.15) is 5.10 Å². The Balaban J connectivity index is 1.54. The molecule has 0 saturated carbocycles. The van der Waals surface area contributed by atoms with E-state index in [0.29, 0.717) is 11.8 Å². The zero-order valence-electron chi connectivity index (χ0n) is 13.5. The van der Waals surface area contributed by atoms with Gasteiger partial charge in [0.25, 0.3) is 5.91 Å². The number of nitrogens with zero attached hydrogens (tertiary/aromatic N) is 3. The van der Waals surface area contributed by atoms with Gasteiger partial charge in [0.15, 0.2) is 6.61 Å². The van der Waals surface area contributed by atoms with Gasteiger partial charge in [-0.1, -0.05) is 12.1 Å². The van der Waals surface area contributed by atoms with Crippen LogP contribution >= 0.6 is 0 Å². The van der Waals surface area contributed by atoms with Crippen molar-refractivity contribution in [2.75, 3.05) is 19.7 Å². The first-order valence-corrected chi connectivity index (χ1v) is 7.76. The predicted molar refractivity (Wildman–Crippen MR) is 87.1 cm³/mol. The maximum absolute atomic E-state index is 10.8. The fraction of sp³-hybridized carbons (Fsp3) is 0.412. The Labute approximate surface area is 135 Å². The van der Waals surface area contributed by atoms with Crippen molar-refractivity contribution in [2.24, 2.45) is 5.73 Å². The van der Waals surface area contributed by atoms with Crippen molar-refractivity contribution in [3.8, 4) is 5.75 Å². The van der Waals surface area contributed by atoms with Crippen LogP contribution in [0.25, 0.3) is 0 Å². The van der Waals surface area contributed by atoms with Crippen LogP contribution in [-0.2, 0) is 11.3 Å². The highest BCUT2D eigenvalue weighted by Crippen LogP contribution is 2.25. The van der Waals surface area contributed by atoms with Gasteiger partial charge in [-0.15, -0.1) is 0 Å². The van der Waals surface area contributed by atoms with Gasteiger partial charge in [0, 0.05) is 25.3 Å². The fourth-order valence-corrected chi connectivity index (χ4v) is 2.99. The third kappa shape index (κ3) is 3.71. The van der Waals surface area contributed by atoms with Crippen molar-refractivity contribution >= 4 is 5.91 Å². The van der Waals surface area contributed by atoms with E-state index in [4.69, 9.17) is 10.5 Å². The zero-order chi connectivity index (χ0) is 16.4. The smallest absolute Gasteiger partial charge is 0.255 e. The van der Waals surface area contributed by atoms with Crippen LogP contribution < -0.4 is 10.5 Å². The van der Waals surface area contributed by atoms with Crippen LogP contribution in [-0.4, -0.2) is 40.3 Å². The summed E-state index contributed by atoms with van der Waals surface area (Å²) in [6.07, 6.45) is 0. The minimum absolute atomic E-state index is 0.0901. The Morgan fingerprint density at radius 3 is 2.78 bits per heavy atom. The number of hydrogen-bond acceptors (Lipinski definition) is 4. The molecule has 6 heteroatoms. The van der Waals surface area contributed by atoms with Crippen LogP contribution in [0.1, 0.15) is 23.0 Å². The Kier molecular flexibility index (Phi) is 4.34. The number of ether oxygens (including phenoxy) is 1. The Bertz CT molecular complexity index is 704. The van der Waals surface area contributed by atoms with Crippen LogP contribution in [0.3, 0.4) is 0 Å². The molecule has 0 unspecified atom stereocenters. The highest BCUT2D eigenvalue weighted by Gasteiger charge is 2.29. The summed E-state index contributed by atoms with van der Waals surface area (Å²) in [7, 11) is 0. The maximum atomic E-state index is 10.8. The number of carbonyl (C=O) groups is 1. The molecule has 1 aromatic heterocycles. The van der Waals surface area contributed by atoms with Crippen molar-refractivity contribution in [2.45, 2.75) is 26.4 Å². The minimum atomic E-state index is -0.467. The number of aromatic nitrogens is 2. The van der Waals surface area contributed by atoms with Gasteiger partial charge in [-0.3, -0.25) is 14.4 Å². The third-order valence-electron chi connectivity index (χ3n) is 4.01. The van der Waals surface area contributed by atoms with E-state index < -0.39 is 5.91 Å². The number of carbonyl (C=O) groups excluding carboxylic acids is 1. The molecule has 1 saturated heterocycles. The first-order valence-electron chi connectivity index (χ1n) is 7.76. The average molecular weight is 314 g/mol. The minimum Gasteiger partial charge on any atom is -0.484 e. The molecular weight excluding hydrogens is 292 g/mol. The van der Waals surface area contributed by atoms with Crippen LogP contribution in [0.5, 0.6) is 5.75 Å². The quantitative estimate of drug-likeness (QED) is 0.875. The molecule has 2 heterocycles. The van der Waals surface area contributed by atoms with Gasteiger partial charge in [0.2, 0.25) is 0 Å². The Morgan fingerprint density at radius 2 is 2.13 bits per heavy atom. The maximum Gasteiger partial charge on any atom is 0.255 e. The van der Waals surface area contributed by atoms with Crippen molar-refractivity contribution in [3.05, 3.63) is 47.3 Å². The van der Waals surface area contributed by atoms with Gasteiger partial charge in [0.1, 0.15) is 5.75 Å². The lowest BCUT2D eigenvalue weighted by Crippen LogP contribution is -2.47. The van der Waals surface area contributed by atoms with E-state index in [1.807, 2.05) is 25.1 Å². The molecule has 2 aromatic rings. The lowest BCUT2D eigenvalue weighted by Gasteiger charge is -2.39. The van der Waals surface area contributed by atoms with Crippen molar-refractivity contribution in [1.29, 1.82) is 0 Å². The highest BCUT2D eigenvalue weighted by molar-refractivity contribution is 5.75. The number of amides is 1. The molecule has 1 aromatic carbocycles. The summed E-state index contributed by atoms with van der Waals surface area (Å²) in [6.45, 7) is 6.89. The summed E-state index contributed by atoms with van der Waals surface area (Å²) < 4.78 is 7.47. The number of hydrogen-bond donors (Lipinski definition) is 1. The molecule has 6 nitrogen and oxygen atoms in total. The van der Waals surface area contributed by atoms with E-state index in [9.17, 15) is 4.79 Å². The molecular formula is C17H22N4O2. The first kappa shape index (κ1) is 15.6. The largest absolute Gasteiger partial charge is 0.484 e. The second-order valence-electron chi connectivity index (χ2n) is 6.12. The van der Waals surface area contributed by atoms with Gasteiger partial charge in [0.05, 0.1) is 11.7 Å². The molecule has 1 aliphatic heterocycles. The third-order valence-corrected chi connectivity index (χ3v) is 4.01. The summed E-state index contributed by atoms with van der Waals surface area (Å²) >= 11 is 0. The SMILES string of the molecule is Cc1cc(C)n(C2CN(Cc3cccc(OCC(N)=O)c3)C2)n1. The van der Waals surface area contributed by atoms with E-state index in [2.05, 4.69) is 33.7 Å². The lowest BCUT2D eigenvalue weighted by molar-refractivity contribution is -0.119. The monoisotopic (exact) mass is 314 g/mol. The van der Waals surface area contributed by atoms with Crippen LogP contribution in [0.2, 0.25) is 0 Å². The van der Waals surface area contributed by atoms with Gasteiger partial charge in [-0.05, 0) is 37.6 Å². The standard InChI is InChI=1S/C17H22N4O2/c1-12-6-13(2)21(19-12)15-9-20(10-15)8-14-4-3-5-16(7-14)23-11-17(18)22/h3-7,15H,8-11H2,1-2H3,(H2,18,22). The first-order chi connectivity index (χ1) is 11.0. The predicted octanol–water partition coefficient (Wildman–Crippen LogP) is 1.42. The summed E-state index contributed by atoms with van der Waals surface area (Å²) in [4.78, 5) is 13.1. The molecule has 0 aliphatic carbocycles. The number of primary amides is 1. The summed E-state index contributed by atoms with van der Waals surface area (Å²) in [6, 6.07) is 10.4. The van der Waals surface area contributed by atoms with Gasteiger partial charge >= 0.3 is 0 Å². The van der Waals surface area contributed by atoms with Crippen LogP contribution in [0.4, 0.5) is 0 Å². The number of aryl methyl sites for hydroxylation is 2. The molecule has 1 fully saturated rings. The van der Waals surface area contributed by atoms with E-state index in [1.54, 1.807) is 0 Å². The van der Waals surface area contributed by atoms with Crippen LogP contribution in [0.15, 0.2) is 30.3 Å². The van der Waals surface area contributed by atoms with E-state index in [-0.39, 0.29) is 6.61 Å². The molecule has 2 N–H and O–H groups in total. The average Bonchev–Trinajstić information content (AvgIpc) is 2.79. The topological polar surface area (TPSA) is 73.4 Å². The van der Waals surface area contributed by atoms with Crippen molar-refractivity contribution < 1.29 is 9.53 Å². The van der Waals surface area contributed by atoms with E-state index in [0.717, 1.165) is 25.3 Å². The number of benzene rings is 1. The molecule has 1 aliphatic rings. The number of nitrogens with two attached hydrogens (primary N) is 1. The Morgan fingerprint density at radius 1 is 1.35 bits per heavy atom. The van der Waals surface area contributed by atoms with E-state index in [1.165, 1.54) is 11.3 Å². The molecule has 0 bridgehead atoms. The molecule has 3 rings (SSSR count). The molecule has 122 valence electrons. The molecule has 1 amide bonds. The second kappa shape index (κ2) is 6.42. The lowest BCUT2D eigenvalue weighted by atomic mass is 10.1. The summed E-state index contributed by atoms with van der Waals surface area (Å²) in [5.74, 6) is 0.211. The van der Waals surface area contributed by atoms with E-state index >= 15 is 0 Å². The summed E-state index contributed by atoms with van der Waals surface area (Å²) in [5.41, 5.74) is 8.55. The van der Waals surface area contributed by atoms with Gasteiger partial charge < -0.3 is 10.5 Å². The number of likely N-dealkylation sites (tertiary alicyclic amines) is 1. The van der Waals surface area contributed by atoms with Gasteiger partial charge in [-0.25, -0.2) is 0 Å². The fourth-order valence-electron chi connectivity index (χ4n) is 2.99. The van der Waals surface area contributed by atoms with Crippen molar-refractivity contribution in [1.82, 2.24) is 14.7 Å². The second-order valence-corrected chi connectivity index (χ2v) is 6.12. The molecule has 0 atom stereocenters. The molecule has 0 spiro atoms. The molecule has 0 radical (unpaired) electrons.